The lowest BCUT2D eigenvalue weighted by molar-refractivity contribution is -0.144. The van der Waals surface area contributed by atoms with Gasteiger partial charge in [0.15, 0.2) is 0 Å². The third kappa shape index (κ3) is 3.45. The Balaban J connectivity index is 1.73. The summed E-state index contributed by atoms with van der Waals surface area (Å²) in [5.41, 5.74) is 1.72. The first-order valence-corrected chi connectivity index (χ1v) is 10.5. The van der Waals surface area contributed by atoms with E-state index in [2.05, 4.69) is 4.98 Å². The molecule has 0 unspecified atom stereocenters. The van der Waals surface area contributed by atoms with Crippen molar-refractivity contribution in [3.8, 4) is 0 Å². The number of urea groups is 1. The number of para-hydroxylation sites is 1. The van der Waals surface area contributed by atoms with Gasteiger partial charge in [0.1, 0.15) is 0 Å². The second kappa shape index (κ2) is 8.09. The summed E-state index contributed by atoms with van der Waals surface area (Å²) in [6.45, 7) is 3.51. The fourth-order valence-electron chi connectivity index (χ4n) is 4.71. The number of pyridine rings is 1. The van der Waals surface area contributed by atoms with E-state index in [9.17, 15) is 19.2 Å². The van der Waals surface area contributed by atoms with Gasteiger partial charge in [-0.05, 0) is 37.3 Å². The number of rotatable bonds is 4. The van der Waals surface area contributed by atoms with Crippen LogP contribution in [0.3, 0.4) is 0 Å². The van der Waals surface area contributed by atoms with E-state index in [4.69, 9.17) is 4.74 Å². The van der Waals surface area contributed by atoms with Crippen LogP contribution >= 0.6 is 0 Å². The van der Waals surface area contributed by atoms with E-state index in [1.54, 1.807) is 13.0 Å². The monoisotopic (exact) mass is 423 g/mol. The Morgan fingerprint density at radius 2 is 1.84 bits per heavy atom. The minimum absolute atomic E-state index is 0.140. The SMILES string of the molecule is COC(=O)c1c(CN2C(=O)C(=O)N([C@@H]3CCCC[C@@H]3C)C2=O)nc2ccccc2c1C. The van der Waals surface area contributed by atoms with Crippen molar-refractivity contribution in [1.29, 1.82) is 0 Å². The molecule has 0 radical (unpaired) electrons. The molecule has 1 aromatic carbocycles. The molecule has 8 heteroatoms. The summed E-state index contributed by atoms with van der Waals surface area (Å²) in [4.78, 5) is 57.7. The standard InChI is InChI=1S/C23H25N3O5/c1-13-8-4-7-11-18(13)26-21(28)20(27)25(23(26)30)12-17-19(22(29)31-3)14(2)15-9-5-6-10-16(15)24-17/h5-6,9-10,13,18H,4,7-8,11-12H2,1-3H3/t13-,18+/m0/s1. The average molecular weight is 423 g/mol. The number of aromatic nitrogens is 1. The number of carbonyl (C=O) groups is 4. The van der Waals surface area contributed by atoms with E-state index in [1.165, 1.54) is 7.11 Å². The highest BCUT2D eigenvalue weighted by atomic mass is 16.5. The maximum Gasteiger partial charge on any atom is 0.340 e. The first-order chi connectivity index (χ1) is 14.8. The molecule has 2 aromatic rings. The van der Waals surface area contributed by atoms with Crippen molar-refractivity contribution in [2.24, 2.45) is 5.92 Å². The van der Waals surface area contributed by atoms with Crippen molar-refractivity contribution >= 4 is 34.7 Å². The second-order valence-electron chi connectivity index (χ2n) is 8.25. The van der Waals surface area contributed by atoms with Crippen LogP contribution in [-0.4, -0.2) is 51.8 Å². The van der Waals surface area contributed by atoms with E-state index < -0.39 is 23.8 Å². The van der Waals surface area contributed by atoms with Gasteiger partial charge < -0.3 is 4.74 Å². The zero-order valence-electron chi connectivity index (χ0n) is 17.9. The molecule has 4 amide bonds. The minimum atomic E-state index is -0.883. The molecule has 0 bridgehead atoms. The van der Waals surface area contributed by atoms with Crippen LogP contribution in [0.15, 0.2) is 24.3 Å². The number of hydrogen-bond donors (Lipinski definition) is 0. The molecular formula is C23H25N3O5. The first kappa shape index (κ1) is 21.0. The molecule has 1 saturated carbocycles. The molecule has 31 heavy (non-hydrogen) atoms. The summed E-state index contributed by atoms with van der Waals surface area (Å²) in [5.74, 6) is -2.15. The molecule has 162 valence electrons. The lowest BCUT2D eigenvalue weighted by Crippen LogP contribution is -2.46. The zero-order valence-corrected chi connectivity index (χ0v) is 17.9. The Labute approximate surface area is 180 Å². The van der Waals surface area contributed by atoms with E-state index in [0.717, 1.165) is 34.4 Å². The predicted molar refractivity (Wildman–Crippen MR) is 112 cm³/mol. The maximum absolute atomic E-state index is 13.1. The number of esters is 1. The number of ether oxygens (including phenoxy) is 1. The molecule has 1 saturated heterocycles. The van der Waals surface area contributed by atoms with Gasteiger partial charge in [0, 0.05) is 11.4 Å². The van der Waals surface area contributed by atoms with Gasteiger partial charge in [-0.2, -0.15) is 0 Å². The quantitative estimate of drug-likeness (QED) is 0.426. The highest BCUT2D eigenvalue weighted by Crippen LogP contribution is 2.32. The Morgan fingerprint density at radius 3 is 2.55 bits per heavy atom. The predicted octanol–water partition coefficient (Wildman–Crippen LogP) is 3.20. The van der Waals surface area contributed by atoms with Crippen LogP contribution in [0.25, 0.3) is 10.9 Å². The smallest absolute Gasteiger partial charge is 0.340 e. The van der Waals surface area contributed by atoms with Gasteiger partial charge in [0.05, 0.1) is 30.4 Å². The molecule has 0 spiro atoms. The van der Waals surface area contributed by atoms with E-state index in [0.29, 0.717) is 17.5 Å². The van der Waals surface area contributed by atoms with E-state index >= 15 is 0 Å². The molecule has 1 aliphatic carbocycles. The molecule has 2 atom stereocenters. The Hall–Kier alpha value is -3.29. The van der Waals surface area contributed by atoms with Crippen molar-refractivity contribution in [3.63, 3.8) is 0 Å². The van der Waals surface area contributed by atoms with E-state index in [-0.39, 0.29) is 29.8 Å². The third-order valence-electron chi connectivity index (χ3n) is 6.41. The first-order valence-electron chi connectivity index (χ1n) is 10.5. The number of imide groups is 2. The van der Waals surface area contributed by atoms with Gasteiger partial charge in [-0.25, -0.2) is 19.5 Å². The molecule has 8 nitrogen and oxygen atoms in total. The maximum atomic E-state index is 13.1. The van der Waals surface area contributed by atoms with Crippen LogP contribution in [0.2, 0.25) is 0 Å². The molecule has 1 aliphatic heterocycles. The minimum Gasteiger partial charge on any atom is -0.465 e. The third-order valence-corrected chi connectivity index (χ3v) is 6.41. The number of benzene rings is 1. The van der Waals surface area contributed by atoms with Crippen LogP contribution in [0.5, 0.6) is 0 Å². The number of carbonyl (C=O) groups excluding carboxylic acids is 4. The van der Waals surface area contributed by atoms with Crippen molar-refractivity contribution in [1.82, 2.24) is 14.8 Å². The zero-order chi connectivity index (χ0) is 22.3. The van der Waals surface area contributed by atoms with Gasteiger partial charge >= 0.3 is 23.8 Å². The number of methoxy groups -OCH3 is 1. The van der Waals surface area contributed by atoms with Crippen LogP contribution in [0.1, 0.15) is 54.2 Å². The van der Waals surface area contributed by atoms with Crippen molar-refractivity contribution < 1.29 is 23.9 Å². The van der Waals surface area contributed by atoms with Crippen LogP contribution in [-0.2, 0) is 20.9 Å². The summed E-state index contributed by atoms with van der Waals surface area (Å²) in [7, 11) is 1.27. The Bertz CT molecular complexity index is 1100. The summed E-state index contributed by atoms with van der Waals surface area (Å²) in [6.07, 6.45) is 3.57. The summed E-state index contributed by atoms with van der Waals surface area (Å²) in [6, 6.07) is 6.37. The van der Waals surface area contributed by atoms with Crippen molar-refractivity contribution in [3.05, 3.63) is 41.1 Å². The largest absolute Gasteiger partial charge is 0.465 e. The van der Waals surface area contributed by atoms with Crippen molar-refractivity contribution in [2.75, 3.05) is 7.11 Å². The van der Waals surface area contributed by atoms with Crippen LogP contribution < -0.4 is 0 Å². The fraction of sp³-hybridized carbons (Fsp3) is 0.435. The number of nitrogens with zero attached hydrogens (tertiary/aromatic N) is 3. The molecule has 2 heterocycles. The van der Waals surface area contributed by atoms with Gasteiger partial charge in [0.2, 0.25) is 0 Å². The lowest BCUT2D eigenvalue weighted by atomic mass is 9.85. The fourth-order valence-corrected chi connectivity index (χ4v) is 4.71. The molecule has 2 aliphatic rings. The normalized spacial score (nSPS) is 21.8. The second-order valence-corrected chi connectivity index (χ2v) is 8.25. The lowest BCUT2D eigenvalue weighted by Gasteiger charge is -2.34. The summed E-state index contributed by atoms with van der Waals surface area (Å²) >= 11 is 0. The Kier molecular flexibility index (Phi) is 5.47. The highest BCUT2D eigenvalue weighted by Gasteiger charge is 2.49. The molecule has 1 aromatic heterocycles. The number of fused-ring (bicyclic) bond motifs is 1. The van der Waals surface area contributed by atoms with Gasteiger partial charge in [-0.15, -0.1) is 0 Å². The van der Waals surface area contributed by atoms with Crippen LogP contribution in [0, 0.1) is 12.8 Å². The number of amides is 4. The highest BCUT2D eigenvalue weighted by molar-refractivity contribution is 6.44. The molecular weight excluding hydrogens is 398 g/mol. The van der Waals surface area contributed by atoms with Crippen LogP contribution in [0.4, 0.5) is 4.79 Å². The topological polar surface area (TPSA) is 96.9 Å². The molecule has 4 rings (SSSR count). The number of hydrogen-bond acceptors (Lipinski definition) is 6. The van der Waals surface area contributed by atoms with Crippen molar-refractivity contribution in [2.45, 2.75) is 52.1 Å². The van der Waals surface area contributed by atoms with E-state index in [1.807, 2.05) is 25.1 Å². The van der Waals surface area contributed by atoms with Gasteiger partial charge in [-0.3, -0.25) is 14.5 Å². The molecule has 2 fully saturated rings. The van der Waals surface area contributed by atoms with Gasteiger partial charge in [0.25, 0.3) is 0 Å². The molecule has 0 N–H and O–H groups in total. The average Bonchev–Trinajstić information content (AvgIpc) is 2.97. The number of aryl methyl sites for hydroxylation is 1. The summed E-state index contributed by atoms with van der Waals surface area (Å²) < 4.78 is 4.93. The summed E-state index contributed by atoms with van der Waals surface area (Å²) in [5, 5.41) is 0.777. The van der Waals surface area contributed by atoms with Gasteiger partial charge in [-0.1, -0.05) is 38.0 Å². The Morgan fingerprint density at radius 1 is 1.13 bits per heavy atom.